The minimum absolute atomic E-state index is 0.0721. The van der Waals surface area contributed by atoms with Crippen LogP contribution in [0, 0.1) is 5.82 Å². The lowest BCUT2D eigenvalue weighted by atomic mass is 9.59. The molecule has 3 heterocycles. The van der Waals surface area contributed by atoms with Crippen LogP contribution < -0.4 is 10.6 Å². The van der Waals surface area contributed by atoms with Gasteiger partial charge in [-0.15, -0.1) is 0 Å². The third kappa shape index (κ3) is 5.53. The average Bonchev–Trinajstić information content (AvgIpc) is 3.27. The van der Waals surface area contributed by atoms with Gasteiger partial charge in [0.15, 0.2) is 0 Å². The van der Waals surface area contributed by atoms with Crippen LogP contribution in [0.2, 0.25) is 10.0 Å². The van der Waals surface area contributed by atoms with Gasteiger partial charge in [-0.05, 0) is 59.5 Å². The normalized spacial score (nSPS) is 23.4. The quantitative estimate of drug-likeness (QED) is 0.391. The number of likely N-dealkylation sites (tertiary alicyclic amines) is 1. The van der Waals surface area contributed by atoms with Gasteiger partial charge in [-0.3, -0.25) is 14.5 Å². The van der Waals surface area contributed by atoms with Gasteiger partial charge in [0.1, 0.15) is 11.2 Å². The van der Waals surface area contributed by atoms with E-state index in [4.69, 9.17) is 23.2 Å². The lowest BCUT2D eigenvalue weighted by Gasteiger charge is -2.53. The predicted octanol–water partition coefficient (Wildman–Crippen LogP) is 5.43. The number of piperazine rings is 1. The van der Waals surface area contributed by atoms with Crippen LogP contribution in [-0.4, -0.2) is 78.4 Å². The zero-order valence-corrected chi connectivity index (χ0v) is 25.9. The average molecular weight is 639 g/mol. The van der Waals surface area contributed by atoms with E-state index in [9.17, 15) is 18.8 Å². The van der Waals surface area contributed by atoms with Gasteiger partial charge in [0.25, 0.3) is 0 Å². The Kier molecular flexibility index (Phi) is 8.55. The van der Waals surface area contributed by atoms with E-state index in [-0.39, 0.29) is 23.8 Å². The van der Waals surface area contributed by atoms with Gasteiger partial charge >= 0.3 is 6.03 Å². The van der Waals surface area contributed by atoms with Gasteiger partial charge < -0.3 is 20.4 Å². The van der Waals surface area contributed by atoms with Gasteiger partial charge in [-0.25, -0.2) is 9.18 Å². The number of carbonyl (C=O) groups excluding carboxylic acids is 3. The molecule has 3 atom stereocenters. The summed E-state index contributed by atoms with van der Waals surface area (Å²) in [5, 5.41) is 6.90. The van der Waals surface area contributed by atoms with E-state index >= 15 is 0 Å². The highest BCUT2D eigenvalue weighted by atomic mass is 35.5. The second-order valence-electron chi connectivity index (χ2n) is 11.7. The summed E-state index contributed by atoms with van der Waals surface area (Å²) in [5.74, 6) is -1.16. The van der Waals surface area contributed by atoms with Crippen LogP contribution in [0.15, 0.2) is 66.7 Å². The van der Waals surface area contributed by atoms with E-state index < -0.39 is 17.3 Å². The molecule has 2 fully saturated rings. The fourth-order valence-corrected chi connectivity index (χ4v) is 7.59. The van der Waals surface area contributed by atoms with Crippen molar-refractivity contribution >= 4 is 46.7 Å². The molecule has 0 saturated carbocycles. The lowest BCUT2D eigenvalue weighted by molar-refractivity contribution is -0.126. The molecule has 230 valence electrons. The van der Waals surface area contributed by atoms with Crippen LogP contribution in [0.3, 0.4) is 0 Å². The summed E-state index contributed by atoms with van der Waals surface area (Å²) >= 11 is 12.8. The summed E-state index contributed by atoms with van der Waals surface area (Å²) in [6.45, 7) is 5.39. The number of nitrogens with one attached hydrogen (secondary N) is 2. The summed E-state index contributed by atoms with van der Waals surface area (Å²) in [6, 6.07) is 18.0. The Morgan fingerprint density at radius 3 is 2.41 bits per heavy atom. The van der Waals surface area contributed by atoms with Gasteiger partial charge in [0.2, 0.25) is 11.8 Å². The number of hydrogen-bond acceptors (Lipinski definition) is 4. The second-order valence-corrected chi connectivity index (χ2v) is 12.5. The highest BCUT2D eigenvalue weighted by Gasteiger charge is 2.62. The van der Waals surface area contributed by atoms with Gasteiger partial charge in [0, 0.05) is 74.4 Å². The number of nitrogens with zero attached hydrogens (tertiary/aromatic N) is 3. The molecule has 3 aliphatic heterocycles. The van der Waals surface area contributed by atoms with Crippen LogP contribution in [0.4, 0.5) is 14.9 Å². The summed E-state index contributed by atoms with van der Waals surface area (Å²) in [6.07, 6.45) is 0.490. The van der Waals surface area contributed by atoms with Crippen LogP contribution in [-0.2, 0) is 15.0 Å². The molecular weight excluding hydrogens is 604 g/mol. The maximum Gasteiger partial charge on any atom is 0.320 e. The molecular formula is C33H34Cl2FN5O3. The first-order valence-electron chi connectivity index (χ1n) is 14.8. The largest absolute Gasteiger partial charge is 0.355 e. The minimum Gasteiger partial charge on any atom is -0.355 e. The van der Waals surface area contributed by atoms with Crippen LogP contribution in [0.1, 0.15) is 42.0 Å². The Morgan fingerprint density at radius 1 is 0.955 bits per heavy atom. The van der Waals surface area contributed by atoms with Crippen molar-refractivity contribution in [3.8, 4) is 0 Å². The van der Waals surface area contributed by atoms with E-state index in [2.05, 4.69) is 15.5 Å². The van der Waals surface area contributed by atoms with Gasteiger partial charge in [0.05, 0.1) is 6.04 Å². The maximum absolute atomic E-state index is 14.9. The van der Waals surface area contributed by atoms with Crippen molar-refractivity contribution in [2.75, 3.05) is 51.1 Å². The number of amides is 4. The second kappa shape index (κ2) is 12.4. The number of benzene rings is 3. The van der Waals surface area contributed by atoms with Crippen molar-refractivity contribution in [3.63, 3.8) is 0 Å². The number of halogens is 3. The molecule has 1 spiro atoms. The molecule has 3 aliphatic rings. The van der Waals surface area contributed by atoms with Gasteiger partial charge in [-0.2, -0.15) is 0 Å². The standard InChI is InChI=1S/C33H34Cl2FN5O3/c1-21(42)37-11-13-39-14-16-40(17-15-39)32(44)41-12-10-27(22-4-2-6-24(34)18-22)33(30(41)23-5-3-7-26(36)19-23)28-9-8-25(35)20-29(28)38-31(33)43/h2-9,18-20,27,30H,10-17H2,1H3,(H,37,42)(H,38,43)/t27-,30+,33+/m0/s1. The molecule has 0 radical (unpaired) electrons. The van der Waals surface area contributed by atoms with E-state index in [0.29, 0.717) is 79.1 Å². The summed E-state index contributed by atoms with van der Waals surface area (Å²) < 4.78 is 14.9. The summed E-state index contributed by atoms with van der Waals surface area (Å²) in [5.41, 5.74) is 1.42. The number of rotatable bonds is 5. The Balaban J connectivity index is 1.43. The van der Waals surface area contributed by atoms with Gasteiger partial charge in [-0.1, -0.05) is 53.5 Å². The third-order valence-corrected chi connectivity index (χ3v) is 9.58. The molecule has 8 nitrogen and oxygen atoms in total. The van der Waals surface area contributed by atoms with E-state index in [1.165, 1.54) is 19.1 Å². The lowest BCUT2D eigenvalue weighted by Crippen LogP contribution is -2.61. The smallest absolute Gasteiger partial charge is 0.320 e. The van der Waals surface area contributed by atoms with Crippen molar-refractivity contribution in [2.45, 2.75) is 30.7 Å². The maximum atomic E-state index is 14.9. The summed E-state index contributed by atoms with van der Waals surface area (Å²) in [7, 11) is 0. The van der Waals surface area contributed by atoms with Crippen molar-refractivity contribution in [2.24, 2.45) is 0 Å². The fourth-order valence-electron chi connectivity index (χ4n) is 7.22. The first-order valence-corrected chi connectivity index (χ1v) is 15.6. The Labute approximate surface area is 266 Å². The molecule has 2 N–H and O–H groups in total. The Bertz CT molecular complexity index is 1600. The molecule has 0 aliphatic carbocycles. The molecule has 0 unspecified atom stereocenters. The minimum atomic E-state index is -1.29. The van der Waals surface area contributed by atoms with Crippen molar-refractivity contribution in [1.29, 1.82) is 0 Å². The van der Waals surface area contributed by atoms with Crippen LogP contribution >= 0.6 is 23.2 Å². The molecule has 2 saturated heterocycles. The monoisotopic (exact) mass is 637 g/mol. The highest BCUT2D eigenvalue weighted by molar-refractivity contribution is 6.31. The summed E-state index contributed by atoms with van der Waals surface area (Å²) in [4.78, 5) is 46.0. The van der Waals surface area contributed by atoms with Crippen LogP contribution in [0.25, 0.3) is 0 Å². The van der Waals surface area contributed by atoms with E-state index in [1.807, 2.05) is 29.2 Å². The number of carbonyl (C=O) groups is 3. The molecule has 3 aromatic rings. The molecule has 3 aromatic carbocycles. The number of fused-ring (bicyclic) bond motifs is 2. The molecule has 0 aromatic heterocycles. The van der Waals surface area contributed by atoms with Crippen molar-refractivity contribution in [3.05, 3.63) is 99.3 Å². The first-order chi connectivity index (χ1) is 21.2. The van der Waals surface area contributed by atoms with E-state index in [0.717, 1.165) is 5.56 Å². The Hall–Kier alpha value is -3.66. The highest BCUT2D eigenvalue weighted by Crippen LogP contribution is 2.60. The molecule has 0 bridgehead atoms. The van der Waals surface area contributed by atoms with Crippen molar-refractivity contribution < 1.29 is 18.8 Å². The third-order valence-electron chi connectivity index (χ3n) is 9.11. The molecule has 4 amide bonds. The SMILES string of the molecule is CC(=O)NCCN1CCN(C(=O)N2CC[C@@H](c3cccc(Cl)c3)[C@]3(C(=O)Nc4cc(Cl)ccc43)[C@H]2c2cccc(F)c2)CC1. The number of piperidine rings is 1. The van der Waals surface area contributed by atoms with Crippen molar-refractivity contribution in [1.82, 2.24) is 20.0 Å². The van der Waals surface area contributed by atoms with E-state index in [1.54, 1.807) is 35.2 Å². The van der Waals surface area contributed by atoms with Crippen LogP contribution in [0.5, 0.6) is 0 Å². The topological polar surface area (TPSA) is 85.0 Å². The zero-order chi connectivity index (χ0) is 31.0. The zero-order valence-electron chi connectivity index (χ0n) is 24.4. The number of urea groups is 1. The predicted molar refractivity (Wildman–Crippen MR) is 169 cm³/mol. The molecule has 11 heteroatoms. The number of anilines is 1. The molecule has 6 rings (SSSR count). The first kappa shape index (κ1) is 30.4. The molecule has 44 heavy (non-hydrogen) atoms. The Morgan fingerprint density at radius 2 is 1.68 bits per heavy atom. The fraction of sp³-hybridized carbons (Fsp3) is 0.364. The number of hydrogen-bond donors (Lipinski definition) is 2.